The lowest BCUT2D eigenvalue weighted by Gasteiger charge is -2.26. The zero-order chi connectivity index (χ0) is 29.9. The van der Waals surface area contributed by atoms with Crippen LogP contribution < -0.4 is 14.8 Å². The summed E-state index contributed by atoms with van der Waals surface area (Å²) in [5.41, 5.74) is 4.83. The van der Waals surface area contributed by atoms with E-state index in [1.54, 1.807) is 0 Å². The number of amides is 1. The molecule has 0 radical (unpaired) electrons. The number of nitrogens with one attached hydrogen (secondary N) is 1. The van der Waals surface area contributed by atoms with Gasteiger partial charge in [-0.15, -0.1) is 0 Å². The molecule has 0 aliphatic carbocycles. The van der Waals surface area contributed by atoms with E-state index in [0.29, 0.717) is 36.8 Å². The summed E-state index contributed by atoms with van der Waals surface area (Å²) in [6.45, 7) is 16.4. The summed E-state index contributed by atoms with van der Waals surface area (Å²) in [5.74, 6) is 1.95. The Balaban J connectivity index is 1.80. The maximum atomic E-state index is 13.2. The Morgan fingerprint density at radius 1 is 0.976 bits per heavy atom. The van der Waals surface area contributed by atoms with Gasteiger partial charge in [0, 0.05) is 32.2 Å². The number of benzene rings is 2. The molecule has 0 saturated carbocycles. The predicted octanol–water partition coefficient (Wildman–Crippen LogP) is 7.07. The largest absolute Gasteiger partial charge is 0.493 e. The van der Waals surface area contributed by atoms with Crippen LogP contribution in [0.1, 0.15) is 87.8 Å². The molecule has 228 valence electrons. The molecule has 1 N–H and O–H groups in total. The zero-order valence-electron chi connectivity index (χ0n) is 26.0. The number of aromatic nitrogens is 1. The van der Waals surface area contributed by atoms with Gasteiger partial charge in [-0.3, -0.25) is 9.69 Å². The van der Waals surface area contributed by atoms with Gasteiger partial charge >= 0.3 is 0 Å². The third kappa shape index (κ3) is 7.92. The van der Waals surface area contributed by atoms with Crippen molar-refractivity contribution in [2.45, 2.75) is 72.8 Å². The third-order valence-corrected chi connectivity index (χ3v) is 7.49. The molecule has 1 aliphatic heterocycles. The first-order valence-electron chi connectivity index (χ1n) is 15.6. The van der Waals surface area contributed by atoms with Gasteiger partial charge in [0.1, 0.15) is 11.5 Å². The monoisotopic (exact) mass is 577 g/mol. The third-order valence-electron chi connectivity index (χ3n) is 7.49. The number of nitrogens with zero attached hydrogens (tertiary/aromatic N) is 2. The van der Waals surface area contributed by atoms with E-state index in [1.807, 2.05) is 13.0 Å². The number of morpholine rings is 1. The molecule has 0 atom stereocenters. The first-order valence-corrected chi connectivity index (χ1v) is 15.6. The highest BCUT2D eigenvalue weighted by Gasteiger charge is 2.28. The Labute approximate surface area is 250 Å². The van der Waals surface area contributed by atoms with Crippen LogP contribution in [-0.4, -0.2) is 62.0 Å². The average Bonchev–Trinajstić information content (AvgIpc) is 3.43. The van der Waals surface area contributed by atoms with Crippen molar-refractivity contribution >= 4 is 5.91 Å². The van der Waals surface area contributed by atoms with Crippen LogP contribution in [0.25, 0.3) is 22.5 Å². The molecule has 1 fully saturated rings. The molecule has 1 aromatic heterocycles. The average molecular weight is 578 g/mol. The maximum absolute atomic E-state index is 13.2. The number of carbonyl (C=O) groups is 1. The highest BCUT2D eigenvalue weighted by atomic mass is 16.5. The predicted molar refractivity (Wildman–Crippen MR) is 166 cm³/mol. The van der Waals surface area contributed by atoms with E-state index in [4.69, 9.17) is 18.7 Å². The molecule has 3 aromatic rings. The molecule has 1 aliphatic rings. The Hall–Kier alpha value is -3.36. The SMILES string of the molecule is CCCCOc1cc(OCCCC)c(C(C)C)cc1-c1onc(C(=O)NCC)c1-c1ccc(CN2CCOCC2)cc1. The first-order chi connectivity index (χ1) is 20.5. The Morgan fingerprint density at radius 3 is 2.26 bits per heavy atom. The standard InChI is InChI=1S/C34H47N3O5/c1-6-9-17-40-29-22-30(41-18-10-7-2)28(21-27(29)24(4)5)33-31(32(36-42-33)34(38)35-8-3)26-13-11-25(12-14-26)23-37-15-19-39-20-16-37/h11-14,21-22,24H,6-10,15-20,23H2,1-5H3,(H,35,38). The van der Waals surface area contributed by atoms with Gasteiger partial charge in [0.2, 0.25) is 0 Å². The molecule has 0 spiro atoms. The molecule has 8 heteroatoms. The zero-order valence-corrected chi connectivity index (χ0v) is 26.0. The number of hydrogen-bond donors (Lipinski definition) is 1. The van der Waals surface area contributed by atoms with Crippen molar-refractivity contribution in [1.29, 1.82) is 0 Å². The van der Waals surface area contributed by atoms with Gasteiger partial charge in [0.25, 0.3) is 5.91 Å². The molecule has 0 unspecified atom stereocenters. The number of ether oxygens (including phenoxy) is 3. The van der Waals surface area contributed by atoms with Gasteiger partial charge in [-0.25, -0.2) is 0 Å². The van der Waals surface area contributed by atoms with E-state index in [-0.39, 0.29) is 17.5 Å². The van der Waals surface area contributed by atoms with Gasteiger partial charge < -0.3 is 24.1 Å². The van der Waals surface area contributed by atoms with E-state index in [0.717, 1.165) is 81.0 Å². The summed E-state index contributed by atoms with van der Waals surface area (Å²) in [7, 11) is 0. The highest BCUT2D eigenvalue weighted by molar-refractivity contribution is 6.02. The van der Waals surface area contributed by atoms with Crippen molar-refractivity contribution in [3.05, 3.63) is 53.2 Å². The fraction of sp³-hybridized carbons (Fsp3) is 0.529. The summed E-state index contributed by atoms with van der Waals surface area (Å²) >= 11 is 0. The van der Waals surface area contributed by atoms with Gasteiger partial charge in [0.05, 0.1) is 37.6 Å². The lowest BCUT2D eigenvalue weighted by molar-refractivity contribution is 0.0342. The second-order valence-electron chi connectivity index (χ2n) is 11.1. The Morgan fingerprint density at radius 2 is 1.64 bits per heavy atom. The summed E-state index contributed by atoms with van der Waals surface area (Å²) < 4.78 is 24.1. The van der Waals surface area contributed by atoms with Crippen molar-refractivity contribution in [2.75, 3.05) is 46.1 Å². The topological polar surface area (TPSA) is 86.1 Å². The molecule has 2 heterocycles. The van der Waals surface area contributed by atoms with Crippen molar-refractivity contribution < 1.29 is 23.5 Å². The minimum absolute atomic E-state index is 0.207. The summed E-state index contributed by atoms with van der Waals surface area (Å²) in [6, 6.07) is 12.4. The molecule has 8 nitrogen and oxygen atoms in total. The lowest BCUT2D eigenvalue weighted by Crippen LogP contribution is -2.35. The Kier molecular flexibility index (Phi) is 11.8. The van der Waals surface area contributed by atoms with Crippen LogP contribution in [0.2, 0.25) is 0 Å². The molecular weight excluding hydrogens is 530 g/mol. The molecule has 42 heavy (non-hydrogen) atoms. The fourth-order valence-corrected chi connectivity index (χ4v) is 5.04. The van der Waals surface area contributed by atoms with E-state index in [1.165, 1.54) is 5.56 Å². The number of hydrogen-bond acceptors (Lipinski definition) is 7. The van der Waals surface area contributed by atoms with Crippen molar-refractivity contribution in [1.82, 2.24) is 15.4 Å². The van der Waals surface area contributed by atoms with Crippen LogP contribution in [0.15, 0.2) is 40.9 Å². The van der Waals surface area contributed by atoms with Gasteiger partial charge in [-0.2, -0.15) is 0 Å². The molecular formula is C34H47N3O5. The Bertz CT molecular complexity index is 1280. The quantitative estimate of drug-likeness (QED) is 0.193. The van der Waals surface area contributed by atoms with E-state index < -0.39 is 0 Å². The van der Waals surface area contributed by atoms with Crippen molar-refractivity contribution in [3.63, 3.8) is 0 Å². The number of unbranched alkanes of at least 4 members (excludes halogenated alkanes) is 2. The van der Waals surface area contributed by atoms with Crippen LogP contribution in [0.3, 0.4) is 0 Å². The van der Waals surface area contributed by atoms with E-state index in [2.05, 4.69) is 73.4 Å². The lowest BCUT2D eigenvalue weighted by atomic mass is 9.93. The van der Waals surface area contributed by atoms with Crippen LogP contribution in [0.5, 0.6) is 11.5 Å². The smallest absolute Gasteiger partial charge is 0.274 e. The van der Waals surface area contributed by atoms with Gasteiger partial charge in [0.15, 0.2) is 11.5 Å². The van der Waals surface area contributed by atoms with Gasteiger partial charge in [-0.1, -0.05) is 70.0 Å². The van der Waals surface area contributed by atoms with Crippen LogP contribution in [0.4, 0.5) is 0 Å². The summed E-state index contributed by atoms with van der Waals surface area (Å²) in [6.07, 6.45) is 3.99. The van der Waals surface area contributed by atoms with E-state index >= 15 is 0 Å². The molecule has 0 bridgehead atoms. The maximum Gasteiger partial charge on any atom is 0.274 e. The fourth-order valence-electron chi connectivity index (χ4n) is 5.04. The molecule has 1 amide bonds. The van der Waals surface area contributed by atoms with Crippen LogP contribution >= 0.6 is 0 Å². The minimum atomic E-state index is -0.267. The summed E-state index contributed by atoms with van der Waals surface area (Å²) in [4.78, 5) is 15.6. The van der Waals surface area contributed by atoms with Gasteiger partial charge in [-0.05, 0) is 48.4 Å². The number of carbonyl (C=O) groups excluding carboxylic acids is 1. The highest BCUT2D eigenvalue weighted by Crippen LogP contribution is 2.44. The van der Waals surface area contributed by atoms with E-state index in [9.17, 15) is 4.79 Å². The van der Waals surface area contributed by atoms with Crippen molar-refractivity contribution in [3.8, 4) is 33.9 Å². The second kappa shape index (κ2) is 15.8. The number of rotatable bonds is 15. The molecule has 2 aromatic carbocycles. The second-order valence-corrected chi connectivity index (χ2v) is 11.1. The van der Waals surface area contributed by atoms with Crippen LogP contribution in [0, 0.1) is 0 Å². The molecule has 4 rings (SSSR count). The normalized spacial score (nSPS) is 13.9. The van der Waals surface area contributed by atoms with Crippen LogP contribution in [-0.2, 0) is 11.3 Å². The molecule has 1 saturated heterocycles. The first kappa shape index (κ1) is 31.6. The van der Waals surface area contributed by atoms with Crippen molar-refractivity contribution in [2.24, 2.45) is 0 Å². The summed E-state index contributed by atoms with van der Waals surface area (Å²) in [5, 5.41) is 7.20. The minimum Gasteiger partial charge on any atom is -0.493 e.